The molecule has 0 fully saturated rings. The van der Waals surface area contributed by atoms with Crippen LogP contribution in [-0.2, 0) is 4.79 Å². The summed E-state index contributed by atoms with van der Waals surface area (Å²) in [5.41, 5.74) is 7.32. The highest BCUT2D eigenvalue weighted by atomic mass is 16.6. The predicted octanol–water partition coefficient (Wildman–Crippen LogP) is 2.05. The lowest BCUT2D eigenvalue weighted by atomic mass is 10.1. The van der Waals surface area contributed by atoms with Crippen molar-refractivity contribution >= 4 is 17.3 Å². The van der Waals surface area contributed by atoms with Gasteiger partial charge in [-0.25, -0.2) is 0 Å². The van der Waals surface area contributed by atoms with Gasteiger partial charge in [-0.2, -0.15) is 0 Å². The van der Waals surface area contributed by atoms with Gasteiger partial charge in [0, 0.05) is 11.6 Å². The van der Waals surface area contributed by atoms with Crippen molar-refractivity contribution in [2.45, 2.75) is 26.3 Å². The zero-order valence-electron chi connectivity index (χ0n) is 11.0. The first-order valence-corrected chi connectivity index (χ1v) is 5.79. The molecule has 1 aromatic carbocycles. The minimum absolute atomic E-state index is 0.0295. The van der Waals surface area contributed by atoms with Crippen LogP contribution in [0.4, 0.5) is 11.4 Å². The number of nitrogens with zero attached hydrogens (tertiary/aromatic N) is 1. The van der Waals surface area contributed by atoms with E-state index >= 15 is 0 Å². The Hall–Kier alpha value is -2.21. The van der Waals surface area contributed by atoms with E-state index in [9.17, 15) is 14.9 Å². The maximum atomic E-state index is 11.8. The zero-order valence-corrected chi connectivity index (χ0v) is 11.0. The summed E-state index contributed by atoms with van der Waals surface area (Å²) >= 11 is 0. The molecule has 1 rings (SSSR count). The lowest BCUT2D eigenvalue weighted by Crippen LogP contribution is -2.35. The Bertz CT molecular complexity index is 526. The van der Waals surface area contributed by atoms with E-state index in [2.05, 4.69) is 11.9 Å². The fourth-order valence-electron chi connectivity index (χ4n) is 1.68. The molecule has 0 aliphatic rings. The highest BCUT2D eigenvalue weighted by Gasteiger charge is 2.17. The molecule has 6 nitrogen and oxygen atoms in total. The summed E-state index contributed by atoms with van der Waals surface area (Å²) in [4.78, 5) is 22.2. The van der Waals surface area contributed by atoms with Crippen LogP contribution in [0.3, 0.4) is 0 Å². The largest absolute Gasteiger partial charge is 0.324 e. The van der Waals surface area contributed by atoms with Gasteiger partial charge in [-0.15, -0.1) is 6.58 Å². The SMILES string of the molecule is C=CCC(N)C(=O)Nc1cc([N+](=O)[O-])c(C)cc1C. The summed E-state index contributed by atoms with van der Waals surface area (Å²) < 4.78 is 0. The number of nitrogens with one attached hydrogen (secondary N) is 1. The van der Waals surface area contributed by atoms with Crippen molar-refractivity contribution < 1.29 is 9.72 Å². The second-order valence-corrected chi connectivity index (χ2v) is 4.33. The summed E-state index contributed by atoms with van der Waals surface area (Å²) in [6.07, 6.45) is 1.90. The van der Waals surface area contributed by atoms with Gasteiger partial charge in [-0.1, -0.05) is 6.08 Å². The third-order valence-corrected chi connectivity index (χ3v) is 2.75. The van der Waals surface area contributed by atoms with Gasteiger partial charge in [0.1, 0.15) is 0 Å². The second-order valence-electron chi connectivity index (χ2n) is 4.33. The molecule has 1 unspecified atom stereocenters. The average Bonchev–Trinajstić information content (AvgIpc) is 2.32. The number of carbonyl (C=O) groups excluding carboxylic acids is 1. The molecular formula is C13H17N3O3. The average molecular weight is 263 g/mol. The van der Waals surface area contributed by atoms with Gasteiger partial charge >= 0.3 is 0 Å². The number of aryl methyl sites for hydroxylation is 2. The molecule has 0 aromatic heterocycles. The molecule has 0 aliphatic heterocycles. The molecule has 0 aliphatic carbocycles. The van der Waals surface area contributed by atoms with E-state index in [0.29, 0.717) is 17.7 Å². The normalized spacial score (nSPS) is 11.7. The fraction of sp³-hybridized carbons (Fsp3) is 0.308. The van der Waals surface area contributed by atoms with Crippen LogP contribution in [0.2, 0.25) is 0 Å². The van der Waals surface area contributed by atoms with Crippen LogP contribution in [0.5, 0.6) is 0 Å². The van der Waals surface area contributed by atoms with E-state index in [1.54, 1.807) is 26.0 Å². The summed E-state index contributed by atoms with van der Waals surface area (Å²) in [6, 6.07) is 2.30. The molecule has 0 bridgehead atoms. The predicted molar refractivity (Wildman–Crippen MR) is 74.0 cm³/mol. The van der Waals surface area contributed by atoms with Crippen LogP contribution < -0.4 is 11.1 Å². The fourth-order valence-corrected chi connectivity index (χ4v) is 1.68. The van der Waals surface area contributed by atoms with Crippen LogP contribution in [0.15, 0.2) is 24.8 Å². The molecule has 0 saturated heterocycles. The number of benzene rings is 1. The Morgan fingerprint density at radius 2 is 2.16 bits per heavy atom. The van der Waals surface area contributed by atoms with Crippen LogP contribution in [0.1, 0.15) is 17.5 Å². The Balaban J connectivity index is 3.01. The maximum absolute atomic E-state index is 11.8. The van der Waals surface area contributed by atoms with E-state index in [1.807, 2.05) is 0 Å². The Morgan fingerprint density at radius 1 is 1.53 bits per heavy atom. The van der Waals surface area contributed by atoms with E-state index in [1.165, 1.54) is 6.07 Å². The number of nitrogens with two attached hydrogens (primary N) is 1. The monoisotopic (exact) mass is 263 g/mol. The van der Waals surface area contributed by atoms with Crippen LogP contribution in [0, 0.1) is 24.0 Å². The van der Waals surface area contributed by atoms with E-state index in [0.717, 1.165) is 5.56 Å². The molecule has 1 amide bonds. The standard InChI is InChI=1S/C13H17N3O3/c1-4-5-10(14)13(17)15-11-7-12(16(18)19)9(3)6-8(11)2/h4,6-7,10H,1,5,14H2,2-3H3,(H,15,17). The number of anilines is 1. The zero-order chi connectivity index (χ0) is 14.6. The number of hydrogen-bond acceptors (Lipinski definition) is 4. The van der Waals surface area contributed by atoms with Crippen LogP contribution >= 0.6 is 0 Å². The van der Waals surface area contributed by atoms with E-state index < -0.39 is 11.0 Å². The van der Waals surface area contributed by atoms with Crippen molar-refractivity contribution in [2.75, 3.05) is 5.32 Å². The highest BCUT2D eigenvalue weighted by Crippen LogP contribution is 2.26. The Morgan fingerprint density at radius 3 is 2.68 bits per heavy atom. The minimum atomic E-state index is -0.711. The molecule has 19 heavy (non-hydrogen) atoms. The first kappa shape index (κ1) is 14.8. The second kappa shape index (κ2) is 6.10. The lowest BCUT2D eigenvalue weighted by Gasteiger charge is -2.13. The smallest absolute Gasteiger partial charge is 0.274 e. The maximum Gasteiger partial charge on any atom is 0.274 e. The van der Waals surface area contributed by atoms with Crippen molar-refractivity contribution in [3.05, 3.63) is 46.0 Å². The molecule has 0 radical (unpaired) electrons. The van der Waals surface area contributed by atoms with Crippen molar-refractivity contribution in [3.63, 3.8) is 0 Å². The number of amides is 1. The summed E-state index contributed by atoms with van der Waals surface area (Å²) in [5.74, 6) is -0.388. The number of nitro benzene ring substituents is 1. The van der Waals surface area contributed by atoms with Crippen molar-refractivity contribution in [1.29, 1.82) is 0 Å². The molecule has 0 heterocycles. The molecule has 1 aromatic rings. The number of rotatable bonds is 5. The van der Waals surface area contributed by atoms with Gasteiger partial charge in [0.15, 0.2) is 0 Å². The van der Waals surface area contributed by atoms with Gasteiger partial charge in [0.25, 0.3) is 5.69 Å². The number of nitro groups is 1. The third kappa shape index (κ3) is 3.62. The van der Waals surface area contributed by atoms with E-state index in [4.69, 9.17) is 5.73 Å². The van der Waals surface area contributed by atoms with Gasteiger partial charge in [0.2, 0.25) is 5.91 Å². The number of hydrogen-bond donors (Lipinski definition) is 2. The first-order chi connectivity index (χ1) is 8.86. The number of carbonyl (C=O) groups is 1. The van der Waals surface area contributed by atoms with Gasteiger partial charge in [-0.3, -0.25) is 14.9 Å². The Kier molecular flexibility index (Phi) is 4.77. The topological polar surface area (TPSA) is 98.3 Å². The minimum Gasteiger partial charge on any atom is -0.324 e. The molecule has 0 spiro atoms. The van der Waals surface area contributed by atoms with Gasteiger partial charge in [-0.05, 0) is 31.9 Å². The molecule has 0 saturated carbocycles. The summed E-state index contributed by atoms with van der Waals surface area (Å²) in [6.45, 7) is 6.93. The Labute approximate surface area is 111 Å². The lowest BCUT2D eigenvalue weighted by molar-refractivity contribution is -0.385. The third-order valence-electron chi connectivity index (χ3n) is 2.75. The van der Waals surface area contributed by atoms with Gasteiger partial charge < -0.3 is 11.1 Å². The van der Waals surface area contributed by atoms with E-state index in [-0.39, 0.29) is 11.6 Å². The van der Waals surface area contributed by atoms with Crippen LogP contribution in [0.25, 0.3) is 0 Å². The first-order valence-electron chi connectivity index (χ1n) is 5.79. The molecule has 102 valence electrons. The van der Waals surface area contributed by atoms with Gasteiger partial charge in [0.05, 0.1) is 16.7 Å². The molecule has 3 N–H and O–H groups in total. The summed E-state index contributed by atoms with van der Waals surface area (Å²) in [5, 5.41) is 13.5. The van der Waals surface area contributed by atoms with Crippen molar-refractivity contribution in [1.82, 2.24) is 0 Å². The molecule has 6 heteroatoms. The highest BCUT2D eigenvalue weighted by molar-refractivity contribution is 5.95. The van der Waals surface area contributed by atoms with Crippen molar-refractivity contribution in [2.24, 2.45) is 5.73 Å². The van der Waals surface area contributed by atoms with Crippen LogP contribution in [-0.4, -0.2) is 16.9 Å². The molecule has 1 atom stereocenters. The van der Waals surface area contributed by atoms with Crippen molar-refractivity contribution in [3.8, 4) is 0 Å². The summed E-state index contributed by atoms with van der Waals surface area (Å²) in [7, 11) is 0. The quantitative estimate of drug-likeness (QED) is 0.482. The molecular weight excluding hydrogens is 246 g/mol.